The van der Waals surface area contributed by atoms with Gasteiger partial charge in [0.25, 0.3) is 0 Å². The maximum Gasteiger partial charge on any atom is 0.0979 e. The van der Waals surface area contributed by atoms with Crippen LogP contribution >= 0.6 is 0 Å². The second kappa shape index (κ2) is 5.59. The summed E-state index contributed by atoms with van der Waals surface area (Å²) in [7, 11) is 0. The second-order valence-corrected chi connectivity index (χ2v) is 3.06. The highest BCUT2D eigenvalue weighted by atomic mass is 16.3. The zero-order valence-corrected chi connectivity index (χ0v) is 7.85. The summed E-state index contributed by atoms with van der Waals surface area (Å²) < 4.78 is 0. The third-order valence-electron chi connectivity index (χ3n) is 1.95. The predicted molar refractivity (Wildman–Crippen MR) is 48.9 cm³/mol. The quantitative estimate of drug-likeness (QED) is 0.699. The van der Waals surface area contributed by atoms with Crippen LogP contribution in [-0.4, -0.2) is 20.5 Å². The van der Waals surface area contributed by atoms with Gasteiger partial charge in [0.05, 0.1) is 18.0 Å². The molecule has 0 aromatic carbocycles. The van der Waals surface area contributed by atoms with Gasteiger partial charge < -0.3 is 5.11 Å². The molecule has 0 bridgehead atoms. The largest absolute Gasteiger partial charge is 0.387 e. The molecule has 1 unspecified atom stereocenters. The average molecular weight is 181 g/mol. The number of aromatic nitrogens is 3. The topological polar surface area (TPSA) is 58.9 Å². The molecule has 72 valence electrons. The van der Waals surface area contributed by atoms with Gasteiger partial charge >= 0.3 is 0 Å². The summed E-state index contributed by atoms with van der Waals surface area (Å²) in [5, 5.41) is 20.4. The molecular weight excluding hydrogens is 166 g/mol. The molecule has 0 aliphatic carbocycles. The van der Waals surface area contributed by atoms with Crippen molar-refractivity contribution in [3.05, 3.63) is 18.0 Å². The molecular formula is C9H15N3O. The Morgan fingerprint density at radius 2 is 2.31 bits per heavy atom. The van der Waals surface area contributed by atoms with Gasteiger partial charge in [-0.1, -0.05) is 26.2 Å². The van der Waals surface area contributed by atoms with Crippen LogP contribution < -0.4 is 0 Å². The molecule has 1 N–H and O–H groups in total. The number of rotatable bonds is 5. The van der Waals surface area contributed by atoms with E-state index in [1.807, 2.05) is 0 Å². The van der Waals surface area contributed by atoms with E-state index in [2.05, 4.69) is 22.3 Å². The summed E-state index contributed by atoms with van der Waals surface area (Å²) in [6.07, 6.45) is 5.16. The monoisotopic (exact) mass is 181 g/mol. The molecule has 0 amide bonds. The lowest BCUT2D eigenvalue weighted by Crippen LogP contribution is -2.02. The highest BCUT2D eigenvalue weighted by Gasteiger charge is 2.07. The van der Waals surface area contributed by atoms with Gasteiger partial charge in [0, 0.05) is 0 Å². The van der Waals surface area contributed by atoms with Crippen molar-refractivity contribution in [1.29, 1.82) is 0 Å². The molecule has 1 aromatic rings. The standard InChI is InChI=1S/C9H15N3O/c1-2-3-4-5-9(13)8-6-7-10-12-11-8/h6-7,9,13H,2-5H2,1H3. The van der Waals surface area contributed by atoms with Crippen LogP contribution in [0.1, 0.15) is 44.4 Å². The summed E-state index contributed by atoms with van der Waals surface area (Å²) in [5.41, 5.74) is 0.617. The summed E-state index contributed by atoms with van der Waals surface area (Å²) in [6.45, 7) is 2.14. The zero-order valence-electron chi connectivity index (χ0n) is 7.85. The molecule has 0 fully saturated rings. The van der Waals surface area contributed by atoms with Crippen molar-refractivity contribution in [2.24, 2.45) is 0 Å². The number of aliphatic hydroxyl groups excluding tert-OH is 1. The lowest BCUT2D eigenvalue weighted by Gasteiger charge is -2.07. The number of aliphatic hydroxyl groups is 1. The van der Waals surface area contributed by atoms with Crippen molar-refractivity contribution in [3.63, 3.8) is 0 Å². The van der Waals surface area contributed by atoms with Crippen LogP contribution in [0.3, 0.4) is 0 Å². The lowest BCUT2D eigenvalue weighted by molar-refractivity contribution is 0.157. The number of hydrogen-bond donors (Lipinski definition) is 1. The number of unbranched alkanes of at least 4 members (excludes halogenated alkanes) is 2. The van der Waals surface area contributed by atoms with Gasteiger partial charge in [-0.05, 0) is 17.7 Å². The molecule has 1 atom stereocenters. The van der Waals surface area contributed by atoms with E-state index in [1.165, 1.54) is 0 Å². The minimum atomic E-state index is -0.484. The van der Waals surface area contributed by atoms with Gasteiger partial charge in [0.15, 0.2) is 0 Å². The van der Waals surface area contributed by atoms with Crippen LogP contribution in [0.25, 0.3) is 0 Å². The first-order valence-corrected chi connectivity index (χ1v) is 4.67. The Labute approximate surface area is 78.0 Å². The Morgan fingerprint density at radius 1 is 1.46 bits per heavy atom. The molecule has 1 rings (SSSR count). The molecule has 4 heteroatoms. The summed E-state index contributed by atoms with van der Waals surface area (Å²) in [5.74, 6) is 0. The molecule has 4 nitrogen and oxygen atoms in total. The van der Waals surface area contributed by atoms with E-state index in [9.17, 15) is 5.11 Å². The van der Waals surface area contributed by atoms with Crippen LogP contribution in [0.5, 0.6) is 0 Å². The average Bonchev–Trinajstić information content (AvgIpc) is 2.19. The molecule has 0 spiro atoms. The van der Waals surface area contributed by atoms with E-state index in [0.717, 1.165) is 25.7 Å². The Morgan fingerprint density at radius 3 is 2.92 bits per heavy atom. The van der Waals surface area contributed by atoms with Crippen LogP contribution in [0, 0.1) is 0 Å². The van der Waals surface area contributed by atoms with E-state index >= 15 is 0 Å². The van der Waals surface area contributed by atoms with Crippen molar-refractivity contribution >= 4 is 0 Å². The third kappa shape index (κ3) is 3.46. The van der Waals surface area contributed by atoms with Crippen LogP contribution in [0.2, 0.25) is 0 Å². The van der Waals surface area contributed by atoms with Gasteiger partial charge in [-0.25, -0.2) is 0 Å². The molecule has 0 aliphatic heterocycles. The van der Waals surface area contributed by atoms with E-state index in [0.29, 0.717) is 5.69 Å². The van der Waals surface area contributed by atoms with Gasteiger partial charge in [-0.15, -0.1) is 10.2 Å². The fourth-order valence-electron chi connectivity index (χ4n) is 1.16. The molecule has 13 heavy (non-hydrogen) atoms. The SMILES string of the molecule is CCCCCC(O)c1ccnnn1. The van der Waals surface area contributed by atoms with Crippen molar-refractivity contribution in [2.45, 2.75) is 38.7 Å². The Hall–Kier alpha value is -1.03. The fraction of sp³-hybridized carbons (Fsp3) is 0.667. The molecule has 0 radical (unpaired) electrons. The minimum absolute atomic E-state index is 0.484. The van der Waals surface area contributed by atoms with Crippen LogP contribution in [0.15, 0.2) is 12.3 Å². The van der Waals surface area contributed by atoms with Gasteiger partial charge in [0.2, 0.25) is 0 Å². The zero-order chi connectivity index (χ0) is 9.52. The maximum atomic E-state index is 9.62. The van der Waals surface area contributed by atoms with E-state index in [1.54, 1.807) is 12.3 Å². The van der Waals surface area contributed by atoms with Gasteiger partial charge in [0.1, 0.15) is 0 Å². The normalized spacial score (nSPS) is 12.8. The lowest BCUT2D eigenvalue weighted by atomic mass is 10.1. The van der Waals surface area contributed by atoms with E-state index in [4.69, 9.17) is 0 Å². The minimum Gasteiger partial charge on any atom is -0.387 e. The third-order valence-corrected chi connectivity index (χ3v) is 1.95. The van der Waals surface area contributed by atoms with E-state index < -0.39 is 6.10 Å². The van der Waals surface area contributed by atoms with Crippen LogP contribution in [0.4, 0.5) is 0 Å². The van der Waals surface area contributed by atoms with Gasteiger partial charge in [-0.3, -0.25) is 0 Å². The predicted octanol–water partition coefficient (Wildman–Crippen LogP) is 1.49. The first-order valence-electron chi connectivity index (χ1n) is 4.67. The summed E-state index contributed by atoms with van der Waals surface area (Å²) in [6, 6.07) is 1.70. The Kier molecular flexibility index (Phi) is 4.32. The van der Waals surface area contributed by atoms with E-state index in [-0.39, 0.29) is 0 Å². The number of nitrogens with zero attached hydrogens (tertiary/aromatic N) is 3. The summed E-state index contributed by atoms with van der Waals surface area (Å²) in [4.78, 5) is 0. The highest BCUT2D eigenvalue weighted by Crippen LogP contribution is 2.15. The maximum absolute atomic E-state index is 9.62. The molecule has 0 aliphatic rings. The highest BCUT2D eigenvalue weighted by molar-refractivity contribution is 4.99. The van der Waals surface area contributed by atoms with Crippen molar-refractivity contribution in [1.82, 2.24) is 15.4 Å². The fourth-order valence-corrected chi connectivity index (χ4v) is 1.16. The molecule has 0 saturated heterocycles. The van der Waals surface area contributed by atoms with Gasteiger partial charge in [-0.2, -0.15) is 0 Å². The van der Waals surface area contributed by atoms with Crippen molar-refractivity contribution in [2.75, 3.05) is 0 Å². The smallest absolute Gasteiger partial charge is 0.0979 e. The molecule has 1 aromatic heterocycles. The molecule has 0 saturated carbocycles. The molecule has 1 heterocycles. The van der Waals surface area contributed by atoms with Crippen molar-refractivity contribution < 1.29 is 5.11 Å². The number of hydrogen-bond acceptors (Lipinski definition) is 4. The van der Waals surface area contributed by atoms with Crippen molar-refractivity contribution in [3.8, 4) is 0 Å². The first-order chi connectivity index (χ1) is 6.34. The second-order valence-electron chi connectivity index (χ2n) is 3.06. The van der Waals surface area contributed by atoms with Crippen LogP contribution in [-0.2, 0) is 0 Å². The Balaban J connectivity index is 2.35. The first kappa shape index (κ1) is 10.1. The Bertz CT molecular complexity index is 228. The summed E-state index contributed by atoms with van der Waals surface area (Å²) >= 11 is 0.